The highest BCUT2D eigenvalue weighted by atomic mass is 19.4. The van der Waals surface area contributed by atoms with Crippen LogP contribution in [0.15, 0.2) is 40.8 Å². The predicted octanol–water partition coefficient (Wildman–Crippen LogP) is 4.22. The molecule has 0 spiro atoms. The number of benzene rings is 1. The maximum Gasteiger partial charge on any atom is 0.416 e. The lowest BCUT2D eigenvalue weighted by Crippen LogP contribution is -2.14. The average Bonchev–Trinajstić information content (AvgIpc) is 3.13. The van der Waals surface area contributed by atoms with Crippen molar-refractivity contribution in [2.45, 2.75) is 31.6 Å². The zero-order chi connectivity index (χ0) is 14.2. The van der Waals surface area contributed by atoms with Crippen molar-refractivity contribution in [3.63, 3.8) is 0 Å². The molecular weight excluding hydrogens is 267 g/mol. The minimum absolute atomic E-state index is 0.589. The van der Waals surface area contributed by atoms with Crippen LogP contribution >= 0.6 is 0 Å². The van der Waals surface area contributed by atoms with Gasteiger partial charge in [0.05, 0.1) is 12.1 Å². The van der Waals surface area contributed by atoms with E-state index in [-0.39, 0.29) is 0 Å². The fourth-order valence-corrected chi connectivity index (χ4v) is 1.98. The first kappa shape index (κ1) is 13.2. The fraction of sp³-hybridized carbons (Fsp3) is 0.333. The van der Waals surface area contributed by atoms with Crippen LogP contribution in [0.5, 0.6) is 0 Å². The average molecular weight is 281 g/mol. The van der Waals surface area contributed by atoms with Gasteiger partial charge in [0, 0.05) is 11.6 Å². The number of halogens is 3. The molecule has 0 saturated heterocycles. The smallest absolute Gasteiger partial charge is 0.416 e. The van der Waals surface area contributed by atoms with E-state index >= 15 is 0 Å². The molecule has 20 heavy (non-hydrogen) atoms. The third-order valence-corrected chi connectivity index (χ3v) is 3.30. The summed E-state index contributed by atoms with van der Waals surface area (Å²) in [5.41, 5.74) is -0.000832. The van der Waals surface area contributed by atoms with Crippen molar-refractivity contribution >= 4 is 0 Å². The summed E-state index contributed by atoms with van der Waals surface area (Å²) in [4.78, 5) is 0. The van der Waals surface area contributed by atoms with E-state index in [1.807, 2.05) is 6.07 Å². The third kappa shape index (κ3) is 3.04. The quantitative estimate of drug-likeness (QED) is 0.907. The van der Waals surface area contributed by atoms with Gasteiger partial charge >= 0.3 is 6.18 Å². The molecule has 1 aliphatic carbocycles. The standard InChI is InChI=1S/C15H14F3NO/c16-15(17,18)11-3-1-10(2-4-11)14-8-7-13(20-14)9-19-12-5-6-12/h1-4,7-8,12,19H,5-6,9H2. The second kappa shape index (κ2) is 4.98. The lowest BCUT2D eigenvalue weighted by atomic mass is 10.1. The van der Waals surface area contributed by atoms with Crippen molar-refractivity contribution in [3.8, 4) is 11.3 Å². The van der Waals surface area contributed by atoms with Gasteiger partial charge in [-0.1, -0.05) is 12.1 Å². The molecule has 0 amide bonds. The number of hydrogen-bond acceptors (Lipinski definition) is 2. The summed E-state index contributed by atoms with van der Waals surface area (Å²) in [7, 11) is 0. The van der Waals surface area contributed by atoms with Crippen LogP contribution in [0.4, 0.5) is 13.2 Å². The van der Waals surface area contributed by atoms with Gasteiger partial charge in [-0.05, 0) is 37.1 Å². The summed E-state index contributed by atoms with van der Waals surface area (Å²) >= 11 is 0. The molecule has 3 rings (SSSR count). The molecule has 1 N–H and O–H groups in total. The minimum Gasteiger partial charge on any atom is -0.460 e. The summed E-state index contributed by atoms with van der Waals surface area (Å²) in [6, 6.07) is 9.23. The summed E-state index contributed by atoms with van der Waals surface area (Å²) in [6.45, 7) is 0.658. The number of alkyl halides is 3. The van der Waals surface area contributed by atoms with E-state index in [0.29, 0.717) is 23.9 Å². The van der Waals surface area contributed by atoms with Gasteiger partial charge in [-0.3, -0.25) is 0 Å². The highest BCUT2D eigenvalue weighted by molar-refractivity contribution is 5.58. The maximum atomic E-state index is 12.5. The first-order valence-corrected chi connectivity index (χ1v) is 6.52. The number of hydrogen-bond donors (Lipinski definition) is 1. The Hall–Kier alpha value is -1.75. The molecule has 1 fully saturated rings. The van der Waals surface area contributed by atoms with Gasteiger partial charge in [0.1, 0.15) is 11.5 Å². The zero-order valence-corrected chi connectivity index (χ0v) is 10.7. The highest BCUT2D eigenvalue weighted by Gasteiger charge is 2.30. The Labute approximate surface area is 114 Å². The van der Waals surface area contributed by atoms with Crippen molar-refractivity contribution in [1.29, 1.82) is 0 Å². The molecule has 0 radical (unpaired) electrons. The van der Waals surface area contributed by atoms with Crippen LogP contribution in [-0.4, -0.2) is 6.04 Å². The normalized spacial score (nSPS) is 15.6. The molecule has 0 bridgehead atoms. The van der Waals surface area contributed by atoms with E-state index in [4.69, 9.17) is 4.42 Å². The van der Waals surface area contributed by atoms with Gasteiger partial charge < -0.3 is 9.73 Å². The molecule has 5 heteroatoms. The third-order valence-electron chi connectivity index (χ3n) is 3.30. The van der Waals surface area contributed by atoms with E-state index in [9.17, 15) is 13.2 Å². The van der Waals surface area contributed by atoms with Crippen LogP contribution in [0.3, 0.4) is 0 Å². The topological polar surface area (TPSA) is 25.2 Å². The van der Waals surface area contributed by atoms with Crippen molar-refractivity contribution in [2.24, 2.45) is 0 Å². The van der Waals surface area contributed by atoms with Crippen molar-refractivity contribution in [2.75, 3.05) is 0 Å². The molecule has 0 atom stereocenters. The Kier molecular flexibility index (Phi) is 3.30. The van der Waals surface area contributed by atoms with E-state index in [0.717, 1.165) is 17.9 Å². The van der Waals surface area contributed by atoms with Crippen LogP contribution in [0.2, 0.25) is 0 Å². The van der Waals surface area contributed by atoms with Crippen LogP contribution in [-0.2, 0) is 12.7 Å². The van der Waals surface area contributed by atoms with Crippen molar-refractivity contribution in [1.82, 2.24) is 5.32 Å². The van der Waals surface area contributed by atoms with Gasteiger partial charge in [0.2, 0.25) is 0 Å². The van der Waals surface area contributed by atoms with Crippen LogP contribution in [0, 0.1) is 0 Å². The molecule has 0 unspecified atom stereocenters. The zero-order valence-electron chi connectivity index (χ0n) is 10.7. The van der Waals surface area contributed by atoms with Gasteiger partial charge in [-0.25, -0.2) is 0 Å². The highest BCUT2D eigenvalue weighted by Crippen LogP contribution is 2.31. The second-order valence-corrected chi connectivity index (χ2v) is 5.00. The Morgan fingerprint density at radius 2 is 1.75 bits per heavy atom. The monoisotopic (exact) mass is 281 g/mol. The Balaban J connectivity index is 1.71. The number of furan rings is 1. The summed E-state index contributed by atoms with van der Waals surface area (Å²) < 4.78 is 43.1. The minimum atomic E-state index is -4.30. The van der Waals surface area contributed by atoms with E-state index in [1.54, 1.807) is 6.07 Å². The number of rotatable bonds is 4. The Morgan fingerprint density at radius 1 is 1.05 bits per heavy atom. The molecule has 1 saturated carbocycles. The molecule has 1 aromatic heterocycles. The van der Waals surface area contributed by atoms with E-state index < -0.39 is 11.7 Å². The van der Waals surface area contributed by atoms with Crippen LogP contribution < -0.4 is 5.32 Å². The van der Waals surface area contributed by atoms with Gasteiger partial charge in [0.25, 0.3) is 0 Å². The van der Waals surface area contributed by atoms with Crippen LogP contribution in [0.1, 0.15) is 24.2 Å². The first-order chi connectivity index (χ1) is 9.52. The fourth-order valence-electron chi connectivity index (χ4n) is 1.98. The molecule has 1 aliphatic rings. The maximum absolute atomic E-state index is 12.5. The Morgan fingerprint density at radius 3 is 2.35 bits per heavy atom. The van der Waals surface area contributed by atoms with Crippen molar-refractivity contribution < 1.29 is 17.6 Å². The molecule has 2 aromatic rings. The second-order valence-electron chi connectivity index (χ2n) is 5.00. The van der Waals surface area contributed by atoms with Crippen LogP contribution in [0.25, 0.3) is 11.3 Å². The Bertz CT molecular complexity index is 582. The predicted molar refractivity (Wildman–Crippen MR) is 69.0 cm³/mol. The SMILES string of the molecule is FC(F)(F)c1ccc(-c2ccc(CNC3CC3)o2)cc1. The van der Waals surface area contributed by atoms with E-state index in [2.05, 4.69) is 5.32 Å². The molecule has 106 valence electrons. The molecule has 1 heterocycles. The molecule has 0 aliphatic heterocycles. The summed E-state index contributed by atoms with van der Waals surface area (Å²) in [6.07, 6.45) is -1.90. The van der Waals surface area contributed by atoms with E-state index in [1.165, 1.54) is 25.0 Å². The number of nitrogens with one attached hydrogen (secondary N) is 1. The lowest BCUT2D eigenvalue weighted by molar-refractivity contribution is -0.137. The van der Waals surface area contributed by atoms with Gasteiger partial charge in [-0.2, -0.15) is 13.2 Å². The lowest BCUT2D eigenvalue weighted by Gasteiger charge is -2.06. The molecule has 1 aromatic carbocycles. The molecular formula is C15H14F3NO. The van der Waals surface area contributed by atoms with Gasteiger partial charge in [0.15, 0.2) is 0 Å². The van der Waals surface area contributed by atoms with Gasteiger partial charge in [-0.15, -0.1) is 0 Å². The summed E-state index contributed by atoms with van der Waals surface area (Å²) in [5.74, 6) is 1.39. The summed E-state index contributed by atoms with van der Waals surface area (Å²) in [5, 5.41) is 3.32. The largest absolute Gasteiger partial charge is 0.460 e. The first-order valence-electron chi connectivity index (χ1n) is 6.52. The molecule has 2 nitrogen and oxygen atoms in total. The van der Waals surface area contributed by atoms with Crippen molar-refractivity contribution in [3.05, 3.63) is 47.7 Å².